The van der Waals surface area contributed by atoms with Crippen molar-refractivity contribution in [3.8, 4) is 11.8 Å². The topological polar surface area (TPSA) is 29.1 Å². The molecule has 0 saturated heterocycles. The average molecular weight is 331 g/mol. The molecule has 2 aromatic rings. The lowest BCUT2D eigenvalue weighted by molar-refractivity contribution is -0.137. The number of aryl methyl sites for hydroxylation is 1. The van der Waals surface area contributed by atoms with Crippen LogP contribution in [0, 0.1) is 25.7 Å². The van der Waals surface area contributed by atoms with E-state index in [0.29, 0.717) is 5.56 Å². The lowest BCUT2D eigenvalue weighted by Crippen LogP contribution is -2.24. The molecule has 124 valence electrons. The van der Waals surface area contributed by atoms with Crippen LogP contribution in [0.1, 0.15) is 32.6 Å². The second-order valence-electron chi connectivity index (χ2n) is 5.31. The fraction of sp³-hybridized carbons (Fsp3) is 0.211. The van der Waals surface area contributed by atoms with Gasteiger partial charge in [0.05, 0.1) is 12.1 Å². The Bertz CT molecular complexity index is 813. The van der Waals surface area contributed by atoms with Crippen LogP contribution >= 0.6 is 0 Å². The van der Waals surface area contributed by atoms with E-state index in [1.165, 1.54) is 12.1 Å². The van der Waals surface area contributed by atoms with Crippen molar-refractivity contribution in [2.24, 2.45) is 0 Å². The Labute approximate surface area is 138 Å². The fourth-order valence-corrected chi connectivity index (χ4v) is 2.14. The summed E-state index contributed by atoms with van der Waals surface area (Å²) in [4.78, 5) is 12.1. The molecule has 0 aliphatic heterocycles. The molecule has 0 radical (unpaired) electrons. The van der Waals surface area contributed by atoms with E-state index in [2.05, 4.69) is 17.2 Å². The molecule has 5 heteroatoms. The molecule has 24 heavy (non-hydrogen) atoms. The van der Waals surface area contributed by atoms with Gasteiger partial charge in [0.2, 0.25) is 0 Å². The van der Waals surface area contributed by atoms with Gasteiger partial charge in [-0.2, -0.15) is 13.2 Å². The van der Waals surface area contributed by atoms with Gasteiger partial charge in [-0.05, 0) is 49.2 Å². The first-order valence-electron chi connectivity index (χ1n) is 7.29. The van der Waals surface area contributed by atoms with Crippen molar-refractivity contribution in [1.82, 2.24) is 5.32 Å². The summed E-state index contributed by atoms with van der Waals surface area (Å²) in [6.45, 7) is 3.83. The predicted molar refractivity (Wildman–Crippen MR) is 86.6 cm³/mol. The van der Waals surface area contributed by atoms with Gasteiger partial charge in [0.1, 0.15) is 0 Å². The van der Waals surface area contributed by atoms with E-state index in [0.717, 1.165) is 23.3 Å². The van der Waals surface area contributed by atoms with E-state index in [1.54, 1.807) is 12.1 Å². The molecule has 0 spiro atoms. The van der Waals surface area contributed by atoms with Gasteiger partial charge in [-0.3, -0.25) is 4.79 Å². The van der Waals surface area contributed by atoms with E-state index in [9.17, 15) is 18.0 Å². The quantitative estimate of drug-likeness (QED) is 0.825. The second kappa shape index (κ2) is 7.22. The maximum atomic E-state index is 12.6. The van der Waals surface area contributed by atoms with Gasteiger partial charge >= 0.3 is 6.18 Å². The summed E-state index contributed by atoms with van der Waals surface area (Å²) in [5.41, 5.74) is 1.98. The largest absolute Gasteiger partial charge is 0.416 e. The van der Waals surface area contributed by atoms with Gasteiger partial charge in [-0.15, -0.1) is 0 Å². The van der Waals surface area contributed by atoms with Gasteiger partial charge in [0, 0.05) is 11.1 Å². The molecule has 1 N–H and O–H groups in total. The first-order valence-corrected chi connectivity index (χ1v) is 7.29. The number of carbonyl (C=O) groups is 1. The summed E-state index contributed by atoms with van der Waals surface area (Å²) in [5, 5.41) is 2.65. The number of carbonyl (C=O) groups excluding carboxylic acids is 1. The zero-order valence-corrected chi connectivity index (χ0v) is 13.3. The van der Waals surface area contributed by atoms with Crippen molar-refractivity contribution in [2.75, 3.05) is 6.54 Å². The van der Waals surface area contributed by atoms with Crippen molar-refractivity contribution in [3.63, 3.8) is 0 Å². The minimum atomic E-state index is -4.39. The number of amides is 1. The highest BCUT2D eigenvalue weighted by Crippen LogP contribution is 2.29. The maximum absolute atomic E-state index is 12.6. The molecular formula is C19H16F3NO. The third-order valence-corrected chi connectivity index (χ3v) is 3.61. The first-order chi connectivity index (χ1) is 11.3. The molecule has 0 heterocycles. The zero-order chi connectivity index (χ0) is 17.7. The van der Waals surface area contributed by atoms with Crippen LogP contribution in [0.25, 0.3) is 0 Å². The van der Waals surface area contributed by atoms with Crippen LogP contribution in [-0.2, 0) is 6.18 Å². The normalized spacial score (nSPS) is 10.7. The summed E-state index contributed by atoms with van der Waals surface area (Å²) in [6, 6.07) is 10.2. The van der Waals surface area contributed by atoms with Crippen LogP contribution in [0.2, 0.25) is 0 Å². The van der Waals surface area contributed by atoms with Gasteiger partial charge in [0.15, 0.2) is 0 Å². The lowest BCUT2D eigenvalue weighted by Gasteiger charge is -2.07. The highest BCUT2D eigenvalue weighted by atomic mass is 19.4. The Hall–Kier alpha value is -2.74. The molecule has 0 aromatic heterocycles. The van der Waals surface area contributed by atoms with Crippen molar-refractivity contribution >= 4 is 5.91 Å². The molecule has 0 atom stereocenters. The minimum absolute atomic E-state index is 0.0580. The first kappa shape index (κ1) is 17.6. The number of rotatable bonds is 2. The summed E-state index contributed by atoms with van der Waals surface area (Å²) in [7, 11) is 0. The molecule has 1 amide bonds. The SMILES string of the molecule is Cc1cccc(C(=O)NCC#Cc2cccc(C(F)(F)F)c2)c1C. The van der Waals surface area contributed by atoms with Crippen LogP contribution < -0.4 is 5.32 Å². The van der Waals surface area contributed by atoms with Crippen molar-refractivity contribution in [1.29, 1.82) is 0 Å². The smallest absolute Gasteiger partial charge is 0.341 e. The van der Waals surface area contributed by atoms with Gasteiger partial charge in [0.25, 0.3) is 5.91 Å². The second-order valence-corrected chi connectivity index (χ2v) is 5.31. The van der Waals surface area contributed by atoms with Crippen molar-refractivity contribution in [2.45, 2.75) is 20.0 Å². The highest BCUT2D eigenvalue weighted by molar-refractivity contribution is 5.96. The van der Waals surface area contributed by atoms with E-state index in [1.807, 2.05) is 19.9 Å². The number of alkyl halides is 3. The Morgan fingerprint density at radius 2 is 1.83 bits per heavy atom. The average Bonchev–Trinajstić information content (AvgIpc) is 2.53. The van der Waals surface area contributed by atoms with E-state index >= 15 is 0 Å². The predicted octanol–water partition coefficient (Wildman–Crippen LogP) is 4.10. The molecule has 0 aliphatic rings. The zero-order valence-electron chi connectivity index (χ0n) is 13.3. The molecule has 0 unspecified atom stereocenters. The van der Waals surface area contributed by atoms with E-state index in [-0.39, 0.29) is 18.0 Å². The van der Waals surface area contributed by atoms with Crippen LogP contribution in [0.15, 0.2) is 42.5 Å². The van der Waals surface area contributed by atoms with Gasteiger partial charge in [-0.1, -0.05) is 30.0 Å². The molecule has 2 nitrogen and oxygen atoms in total. The Morgan fingerprint density at radius 3 is 2.54 bits per heavy atom. The third-order valence-electron chi connectivity index (χ3n) is 3.61. The monoisotopic (exact) mass is 331 g/mol. The molecule has 0 bridgehead atoms. The highest BCUT2D eigenvalue weighted by Gasteiger charge is 2.30. The number of halogens is 3. The van der Waals surface area contributed by atoms with Crippen LogP contribution in [-0.4, -0.2) is 12.5 Å². The molecule has 2 aromatic carbocycles. The molecule has 0 fully saturated rings. The minimum Gasteiger partial charge on any atom is -0.341 e. The Kier molecular flexibility index (Phi) is 5.30. The number of hydrogen-bond donors (Lipinski definition) is 1. The molecular weight excluding hydrogens is 315 g/mol. The van der Waals surface area contributed by atoms with Crippen molar-refractivity contribution < 1.29 is 18.0 Å². The Balaban J connectivity index is 2.02. The maximum Gasteiger partial charge on any atom is 0.416 e. The molecule has 0 saturated carbocycles. The van der Waals surface area contributed by atoms with Crippen LogP contribution in [0.5, 0.6) is 0 Å². The summed E-state index contributed by atoms with van der Waals surface area (Å²) in [6.07, 6.45) is -4.39. The van der Waals surface area contributed by atoms with E-state index < -0.39 is 11.7 Å². The summed E-state index contributed by atoms with van der Waals surface area (Å²) < 4.78 is 37.8. The van der Waals surface area contributed by atoms with E-state index in [4.69, 9.17) is 0 Å². The summed E-state index contributed by atoms with van der Waals surface area (Å²) >= 11 is 0. The molecule has 0 aliphatic carbocycles. The standard InChI is InChI=1S/C19H16F3NO/c1-13-6-3-10-17(14(13)2)18(24)23-11-5-8-15-7-4-9-16(12-15)19(20,21)22/h3-4,6-7,9-10,12H,11H2,1-2H3,(H,23,24). The number of nitrogens with one attached hydrogen (secondary N) is 1. The summed E-state index contributed by atoms with van der Waals surface area (Å²) in [5.74, 6) is 5.04. The van der Waals surface area contributed by atoms with Crippen molar-refractivity contribution in [3.05, 3.63) is 70.3 Å². The number of benzene rings is 2. The lowest BCUT2D eigenvalue weighted by atomic mass is 10.0. The Morgan fingerprint density at radius 1 is 1.12 bits per heavy atom. The molecule has 2 rings (SSSR count). The third kappa shape index (κ3) is 4.39. The van der Waals surface area contributed by atoms with Crippen LogP contribution in [0.4, 0.5) is 13.2 Å². The van der Waals surface area contributed by atoms with Gasteiger partial charge in [-0.25, -0.2) is 0 Å². The number of hydrogen-bond acceptors (Lipinski definition) is 1. The van der Waals surface area contributed by atoms with Gasteiger partial charge < -0.3 is 5.32 Å². The van der Waals surface area contributed by atoms with Crippen LogP contribution in [0.3, 0.4) is 0 Å². The fourth-order valence-electron chi connectivity index (χ4n) is 2.14.